The summed E-state index contributed by atoms with van der Waals surface area (Å²) < 4.78 is 5.42. The van der Waals surface area contributed by atoms with Crippen LogP contribution in [-0.4, -0.2) is 67.7 Å². The highest BCUT2D eigenvalue weighted by Crippen LogP contribution is 2.14. The third kappa shape index (κ3) is 4.75. The Balaban J connectivity index is 2.47. The molecule has 0 aromatic rings. The summed E-state index contributed by atoms with van der Waals surface area (Å²) in [6.45, 7) is 11.6. The number of amides is 1. The van der Waals surface area contributed by atoms with Gasteiger partial charge in [-0.25, -0.2) is 0 Å². The van der Waals surface area contributed by atoms with E-state index in [-0.39, 0.29) is 11.8 Å². The van der Waals surface area contributed by atoms with E-state index in [1.54, 1.807) is 0 Å². The maximum absolute atomic E-state index is 12.2. The molecule has 0 radical (unpaired) electrons. The van der Waals surface area contributed by atoms with Crippen molar-refractivity contribution in [2.75, 3.05) is 45.9 Å². The van der Waals surface area contributed by atoms with E-state index in [1.165, 1.54) is 0 Å². The number of nitrogens with zero attached hydrogens (tertiary/aromatic N) is 2. The molecule has 0 bridgehead atoms. The highest BCUT2D eigenvalue weighted by Gasteiger charge is 2.29. The van der Waals surface area contributed by atoms with E-state index < -0.39 is 0 Å². The molecule has 19 heavy (non-hydrogen) atoms. The number of carbonyl (C=O) groups is 1. The van der Waals surface area contributed by atoms with Gasteiger partial charge in [-0.15, -0.1) is 0 Å². The number of hydrogen-bond acceptors (Lipinski definition) is 4. The molecule has 2 N–H and O–H groups in total. The summed E-state index contributed by atoms with van der Waals surface area (Å²) in [7, 11) is 0. The first-order valence-electron chi connectivity index (χ1n) is 7.44. The molecule has 0 aromatic carbocycles. The van der Waals surface area contributed by atoms with Crippen molar-refractivity contribution in [1.82, 2.24) is 9.80 Å². The summed E-state index contributed by atoms with van der Waals surface area (Å²) in [6.07, 6.45) is 1.06. The summed E-state index contributed by atoms with van der Waals surface area (Å²) in [5.74, 6) is 0.137. The van der Waals surface area contributed by atoms with E-state index in [4.69, 9.17) is 10.5 Å². The molecule has 5 nitrogen and oxygen atoms in total. The molecule has 1 rings (SSSR count). The van der Waals surface area contributed by atoms with Crippen molar-refractivity contribution >= 4 is 5.91 Å². The predicted octanol–water partition coefficient (Wildman–Crippen LogP) is 0.541. The molecular weight excluding hydrogens is 242 g/mol. The van der Waals surface area contributed by atoms with Crippen molar-refractivity contribution in [2.45, 2.75) is 33.2 Å². The first-order valence-corrected chi connectivity index (χ1v) is 7.44. The van der Waals surface area contributed by atoms with Crippen LogP contribution in [0, 0.1) is 5.92 Å². The average molecular weight is 271 g/mol. The minimum Gasteiger partial charge on any atom is -0.380 e. The van der Waals surface area contributed by atoms with E-state index in [0.29, 0.717) is 12.6 Å². The lowest BCUT2D eigenvalue weighted by Crippen LogP contribution is -2.56. The van der Waals surface area contributed by atoms with Gasteiger partial charge in [0.15, 0.2) is 0 Å². The van der Waals surface area contributed by atoms with E-state index in [2.05, 4.69) is 11.8 Å². The van der Waals surface area contributed by atoms with Crippen LogP contribution in [-0.2, 0) is 9.53 Å². The standard InChI is InChI=1S/C14H29N3O2/c1-4-13-11-17(14(18)12(3)10-15)7-6-16(13)8-9-19-5-2/h12-13H,4-11,15H2,1-3H3. The number of rotatable bonds is 7. The van der Waals surface area contributed by atoms with Crippen LogP contribution in [0.25, 0.3) is 0 Å². The first kappa shape index (κ1) is 16.4. The van der Waals surface area contributed by atoms with Gasteiger partial charge in [0, 0.05) is 51.3 Å². The Morgan fingerprint density at radius 3 is 2.74 bits per heavy atom. The number of hydrogen-bond donors (Lipinski definition) is 1. The van der Waals surface area contributed by atoms with Crippen molar-refractivity contribution in [2.24, 2.45) is 11.7 Å². The Bertz CT molecular complexity index is 273. The largest absolute Gasteiger partial charge is 0.380 e. The van der Waals surface area contributed by atoms with Gasteiger partial charge < -0.3 is 15.4 Å². The zero-order chi connectivity index (χ0) is 14.3. The van der Waals surface area contributed by atoms with Gasteiger partial charge >= 0.3 is 0 Å². The van der Waals surface area contributed by atoms with Gasteiger partial charge in [-0.3, -0.25) is 9.69 Å². The number of nitrogens with two attached hydrogens (primary N) is 1. The third-order valence-electron chi connectivity index (χ3n) is 3.89. The molecule has 0 saturated carbocycles. The lowest BCUT2D eigenvalue weighted by atomic mass is 10.1. The Morgan fingerprint density at radius 2 is 2.16 bits per heavy atom. The van der Waals surface area contributed by atoms with Crippen molar-refractivity contribution in [1.29, 1.82) is 0 Å². The molecule has 1 saturated heterocycles. The van der Waals surface area contributed by atoms with Gasteiger partial charge in [-0.05, 0) is 13.3 Å². The molecule has 1 heterocycles. The molecule has 0 spiro atoms. The fourth-order valence-corrected chi connectivity index (χ4v) is 2.51. The second kappa shape index (κ2) is 8.51. The van der Waals surface area contributed by atoms with E-state index in [9.17, 15) is 4.79 Å². The maximum atomic E-state index is 12.2. The fraction of sp³-hybridized carbons (Fsp3) is 0.929. The van der Waals surface area contributed by atoms with E-state index >= 15 is 0 Å². The van der Waals surface area contributed by atoms with Crippen molar-refractivity contribution < 1.29 is 9.53 Å². The van der Waals surface area contributed by atoms with Crippen LogP contribution in [0.1, 0.15) is 27.2 Å². The molecule has 1 fully saturated rings. The molecule has 0 aromatic heterocycles. The summed E-state index contributed by atoms with van der Waals surface area (Å²) >= 11 is 0. The quantitative estimate of drug-likeness (QED) is 0.687. The molecule has 1 aliphatic rings. The van der Waals surface area contributed by atoms with Gasteiger partial charge in [0.05, 0.1) is 6.61 Å². The SMILES string of the molecule is CCOCCN1CCN(C(=O)C(C)CN)CC1CC. The Kier molecular flexibility index (Phi) is 7.34. The highest BCUT2D eigenvalue weighted by atomic mass is 16.5. The van der Waals surface area contributed by atoms with Crippen molar-refractivity contribution in [3.05, 3.63) is 0 Å². The minimum absolute atomic E-state index is 0.0625. The Morgan fingerprint density at radius 1 is 1.42 bits per heavy atom. The first-order chi connectivity index (χ1) is 9.13. The second-order valence-electron chi connectivity index (χ2n) is 5.22. The Hall–Kier alpha value is -0.650. The van der Waals surface area contributed by atoms with Crippen molar-refractivity contribution in [3.63, 3.8) is 0 Å². The summed E-state index contributed by atoms with van der Waals surface area (Å²) in [4.78, 5) is 16.6. The number of ether oxygens (including phenoxy) is 1. The molecular formula is C14H29N3O2. The smallest absolute Gasteiger partial charge is 0.226 e. The van der Waals surface area contributed by atoms with Crippen LogP contribution in [0.2, 0.25) is 0 Å². The average Bonchev–Trinajstić information content (AvgIpc) is 2.46. The lowest BCUT2D eigenvalue weighted by Gasteiger charge is -2.41. The maximum Gasteiger partial charge on any atom is 0.226 e. The predicted molar refractivity (Wildman–Crippen MR) is 76.9 cm³/mol. The fourth-order valence-electron chi connectivity index (χ4n) is 2.51. The summed E-state index contributed by atoms with van der Waals surface area (Å²) in [5.41, 5.74) is 5.58. The van der Waals surface area contributed by atoms with Crippen molar-refractivity contribution in [3.8, 4) is 0 Å². The van der Waals surface area contributed by atoms with Crippen LogP contribution in [0.5, 0.6) is 0 Å². The lowest BCUT2D eigenvalue weighted by molar-refractivity contribution is -0.138. The third-order valence-corrected chi connectivity index (χ3v) is 3.89. The van der Waals surface area contributed by atoms with Crippen LogP contribution < -0.4 is 5.73 Å². The van der Waals surface area contributed by atoms with Crippen LogP contribution in [0.15, 0.2) is 0 Å². The summed E-state index contributed by atoms with van der Waals surface area (Å²) in [5, 5.41) is 0. The Labute approximate surface area is 117 Å². The van der Waals surface area contributed by atoms with Gasteiger partial charge in [0.25, 0.3) is 0 Å². The van der Waals surface area contributed by atoms with Gasteiger partial charge in [-0.2, -0.15) is 0 Å². The highest BCUT2D eigenvalue weighted by molar-refractivity contribution is 5.78. The van der Waals surface area contributed by atoms with E-state index in [0.717, 1.165) is 45.8 Å². The van der Waals surface area contributed by atoms with Gasteiger partial charge in [-0.1, -0.05) is 13.8 Å². The van der Waals surface area contributed by atoms with Crippen LogP contribution >= 0.6 is 0 Å². The minimum atomic E-state index is -0.0625. The molecule has 0 aliphatic carbocycles. The number of carbonyl (C=O) groups excluding carboxylic acids is 1. The molecule has 1 amide bonds. The molecule has 2 atom stereocenters. The summed E-state index contributed by atoms with van der Waals surface area (Å²) in [6, 6.07) is 0.447. The van der Waals surface area contributed by atoms with E-state index in [1.807, 2.05) is 18.7 Å². The van der Waals surface area contributed by atoms with Gasteiger partial charge in [0.2, 0.25) is 5.91 Å². The van der Waals surface area contributed by atoms with Crippen LogP contribution in [0.4, 0.5) is 0 Å². The normalized spacial score (nSPS) is 22.5. The zero-order valence-corrected chi connectivity index (χ0v) is 12.6. The molecule has 2 unspecified atom stereocenters. The monoisotopic (exact) mass is 271 g/mol. The number of piperazine rings is 1. The second-order valence-corrected chi connectivity index (χ2v) is 5.22. The zero-order valence-electron chi connectivity index (χ0n) is 12.6. The molecule has 112 valence electrons. The van der Waals surface area contributed by atoms with Gasteiger partial charge in [0.1, 0.15) is 0 Å². The topological polar surface area (TPSA) is 58.8 Å². The van der Waals surface area contributed by atoms with Crippen LogP contribution in [0.3, 0.4) is 0 Å². The molecule has 1 aliphatic heterocycles. The molecule has 5 heteroatoms.